The number of ether oxygens (including phenoxy) is 3. The van der Waals surface area contributed by atoms with E-state index >= 15 is 0 Å². The monoisotopic (exact) mass is 568 g/mol. The minimum Gasteiger partial charge on any atom is -0.503 e. The van der Waals surface area contributed by atoms with E-state index in [9.17, 15) is 14.7 Å². The average Bonchev–Trinajstić information content (AvgIpc) is 3.75. The van der Waals surface area contributed by atoms with E-state index in [1.54, 1.807) is 54.0 Å². The second-order valence-electron chi connectivity index (χ2n) is 9.16. The van der Waals surface area contributed by atoms with Gasteiger partial charge < -0.3 is 23.7 Å². The van der Waals surface area contributed by atoms with Crippen molar-refractivity contribution in [1.29, 1.82) is 0 Å². The molecule has 6 rings (SSSR count). The third kappa shape index (κ3) is 4.68. The Balaban J connectivity index is 1.41. The van der Waals surface area contributed by atoms with Gasteiger partial charge in [-0.05, 0) is 35.4 Å². The van der Waals surface area contributed by atoms with Crippen molar-refractivity contribution in [2.45, 2.75) is 12.6 Å². The number of ketones is 1. The number of aliphatic hydroxyl groups excluding tert-OH is 1. The van der Waals surface area contributed by atoms with Crippen molar-refractivity contribution in [1.82, 2.24) is 4.98 Å². The summed E-state index contributed by atoms with van der Waals surface area (Å²) >= 11 is 1.21. The molecule has 0 saturated heterocycles. The van der Waals surface area contributed by atoms with Crippen molar-refractivity contribution >= 4 is 39.1 Å². The second-order valence-corrected chi connectivity index (χ2v) is 10.0. The predicted octanol–water partition coefficient (Wildman–Crippen LogP) is 6.27. The van der Waals surface area contributed by atoms with Crippen LogP contribution in [0.1, 0.15) is 27.7 Å². The van der Waals surface area contributed by atoms with Crippen LogP contribution in [0, 0.1) is 0 Å². The highest BCUT2D eigenvalue weighted by molar-refractivity contribution is 7.13. The van der Waals surface area contributed by atoms with Gasteiger partial charge in [0.2, 0.25) is 5.78 Å². The summed E-state index contributed by atoms with van der Waals surface area (Å²) < 4.78 is 22.9. The molecule has 2 aromatic heterocycles. The molecule has 1 aliphatic heterocycles. The lowest BCUT2D eigenvalue weighted by Gasteiger charge is -2.25. The number of carbonyl (C=O) groups is 2. The fourth-order valence-electron chi connectivity index (χ4n) is 4.84. The highest BCUT2D eigenvalue weighted by Gasteiger charge is 2.46. The number of methoxy groups -OCH3 is 2. The van der Waals surface area contributed by atoms with Crippen LogP contribution in [0.4, 0.5) is 5.13 Å². The van der Waals surface area contributed by atoms with Crippen molar-refractivity contribution in [3.05, 3.63) is 113 Å². The number of furan rings is 1. The van der Waals surface area contributed by atoms with Gasteiger partial charge in [-0.1, -0.05) is 48.5 Å². The van der Waals surface area contributed by atoms with Gasteiger partial charge in [0, 0.05) is 17.0 Å². The molecule has 5 aromatic rings. The van der Waals surface area contributed by atoms with Gasteiger partial charge in [-0.15, -0.1) is 11.3 Å². The molecule has 1 N–H and O–H groups in total. The van der Waals surface area contributed by atoms with E-state index < -0.39 is 23.5 Å². The number of nitrogens with zero attached hydrogens (tertiary/aromatic N) is 2. The zero-order valence-electron chi connectivity index (χ0n) is 22.1. The fourth-order valence-corrected chi connectivity index (χ4v) is 5.50. The lowest BCUT2D eigenvalue weighted by Crippen LogP contribution is -2.31. The molecule has 9 nitrogen and oxygen atoms in total. The maximum atomic E-state index is 13.9. The minimum atomic E-state index is -1.01. The lowest BCUT2D eigenvalue weighted by molar-refractivity contribution is -0.117. The summed E-state index contributed by atoms with van der Waals surface area (Å²) in [5.41, 5.74) is 1.75. The normalized spacial score (nSPS) is 15.0. The first kappa shape index (κ1) is 26.1. The van der Waals surface area contributed by atoms with E-state index in [0.29, 0.717) is 45.5 Å². The first-order valence-electron chi connectivity index (χ1n) is 12.6. The molecule has 1 aliphatic rings. The Bertz CT molecular complexity index is 1780. The van der Waals surface area contributed by atoms with Gasteiger partial charge in [-0.2, -0.15) is 0 Å². The minimum absolute atomic E-state index is 0.0420. The molecule has 206 valence electrons. The number of thiazole rings is 1. The van der Waals surface area contributed by atoms with Crippen LogP contribution in [0.5, 0.6) is 17.2 Å². The SMILES string of the molecule is COc1cc(C2C(C(=O)c3cc4cccc(OC)c4o3)=C(O)C(=O)N2c2nccs2)ccc1OCc1ccccc1. The molecular formula is C31H24N2O7S. The number of fused-ring (bicyclic) bond motifs is 1. The Kier molecular flexibility index (Phi) is 6.90. The maximum Gasteiger partial charge on any atom is 0.296 e. The van der Waals surface area contributed by atoms with Gasteiger partial charge in [0.15, 0.2) is 39.5 Å². The number of aromatic nitrogens is 1. The first-order chi connectivity index (χ1) is 20.0. The summed E-state index contributed by atoms with van der Waals surface area (Å²) in [6, 6.07) is 20.7. The predicted molar refractivity (Wildman–Crippen MR) is 153 cm³/mol. The Morgan fingerprint density at radius 1 is 1.00 bits per heavy atom. The Morgan fingerprint density at radius 2 is 1.80 bits per heavy atom. The van der Waals surface area contributed by atoms with Crippen LogP contribution < -0.4 is 19.1 Å². The Labute approximate surface area is 238 Å². The summed E-state index contributed by atoms with van der Waals surface area (Å²) in [4.78, 5) is 32.9. The molecule has 0 radical (unpaired) electrons. The average molecular weight is 569 g/mol. The highest BCUT2D eigenvalue weighted by atomic mass is 32.1. The summed E-state index contributed by atoms with van der Waals surface area (Å²) in [5.74, 6) is -0.760. The van der Waals surface area contributed by atoms with Crippen LogP contribution >= 0.6 is 11.3 Å². The highest BCUT2D eigenvalue weighted by Crippen LogP contribution is 2.45. The van der Waals surface area contributed by atoms with E-state index in [1.807, 2.05) is 30.3 Å². The summed E-state index contributed by atoms with van der Waals surface area (Å²) in [6.45, 7) is 0.323. The van der Waals surface area contributed by atoms with Gasteiger partial charge in [-0.3, -0.25) is 14.5 Å². The number of Topliss-reactive ketones (excluding diaryl/α,β-unsaturated/α-hetero) is 1. The van der Waals surface area contributed by atoms with E-state index in [4.69, 9.17) is 18.6 Å². The number of rotatable bonds is 9. The summed E-state index contributed by atoms with van der Waals surface area (Å²) in [6.07, 6.45) is 1.55. The molecule has 41 heavy (non-hydrogen) atoms. The van der Waals surface area contributed by atoms with Crippen molar-refractivity contribution < 1.29 is 33.3 Å². The molecular weight excluding hydrogens is 544 g/mol. The van der Waals surface area contributed by atoms with Gasteiger partial charge in [0.05, 0.1) is 25.8 Å². The van der Waals surface area contributed by atoms with Crippen LogP contribution in [0.2, 0.25) is 0 Å². The van der Waals surface area contributed by atoms with Gasteiger partial charge in [0.25, 0.3) is 5.91 Å². The number of carbonyl (C=O) groups excluding carboxylic acids is 2. The van der Waals surface area contributed by atoms with Crippen molar-refractivity contribution in [2.24, 2.45) is 0 Å². The second kappa shape index (κ2) is 10.8. The molecule has 0 saturated carbocycles. The molecule has 10 heteroatoms. The molecule has 1 atom stereocenters. The Morgan fingerprint density at radius 3 is 2.54 bits per heavy atom. The van der Waals surface area contributed by atoms with Crippen LogP contribution in [0.3, 0.4) is 0 Å². The van der Waals surface area contributed by atoms with E-state index in [-0.39, 0.29) is 11.3 Å². The largest absolute Gasteiger partial charge is 0.503 e. The number of amides is 1. The van der Waals surface area contributed by atoms with Crippen LogP contribution in [0.25, 0.3) is 11.0 Å². The first-order valence-corrected chi connectivity index (χ1v) is 13.5. The third-order valence-electron chi connectivity index (χ3n) is 6.77. The molecule has 1 amide bonds. The molecule has 1 unspecified atom stereocenters. The van der Waals surface area contributed by atoms with Crippen molar-refractivity contribution in [3.8, 4) is 17.2 Å². The van der Waals surface area contributed by atoms with Gasteiger partial charge >= 0.3 is 0 Å². The van der Waals surface area contributed by atoms with Crippen molar-refractivity contribution in [3.63, 3.8) is 0 Å². The van der Waals surface area contributed by atoms with Crippen LogP contribution in [-0.2, 0) is 11.4 Å². The fraction of sp³-hybridized carbons (Fsp3) is 0.129. The number of aliphatic hydroxyl groups is 1. The number of anilines is 1. The summed E-state index contributed by atoms with van der Waals surface area (Å²) in [5, 5.41) is 13.8. The number of para-hydroxylation sites is 1. The molecule has 0 fully saturated rings. The van der Waals surface area contributed by atoms with E-state index in [0.717, 1.165) is 5.56 Å². The van der Waals surface area contributed by atoms with Gasteiger partial charge in [-0.25, -0.2) is 4.98 Å². The maximum absolute atomic E-state index is 13.9. The molecule has 0 bridgehead atoms. The Hall–Kier alpha value is -5.09. The van der Waals surface area contributed by atoms with E-state index in [2.05, 4.69) is 4.98 Å². The smallest absolute Gasteiger partial charge is 0.296 e. The third-order valence-corrected chi connectivity index (χ3v) is 7.54. The number of hydrogen-bond acceptors (Lipinski definition) is 9. The van der Waals surface area contributed by atoms with E-state index in [1.165, 1.54) is 30.5 Å². The molecule has 3 aromatic carbocycles. The zero-order valence-corrected chi connectivity index (χ0v) is 22.9. The number of benzene rings is 3. The lowest BCUT2D eigenvalue weighted by atomic mass is 9.95. The van der Waals surface area contributed by atoms with Gasteiger partial charge in [0.1, 0.15) is 6.61 Å². The van der Waals surface area contributed by atoms with Crippen molar-refractivity contribution in [2.75, 3.05) is 19.1 Å². The quantitative estimate of drug-likeness (QED) is 0.207. The molecule has 0 spiro atoms. The number of hydrogen-bond donors (Lipinski definition) is 1. The van der Waals surface area contributed by atoms with Crippen LogP contribution in [0.15, 0.2) is 100 Å². The standard InChI is InChI=1S/C31H24N2O7S/c1-37-22-10-6-9-20-16-24(40-29(20)22)27(34)25-26(33(30(36)28(25)35)31-32-13-14-41-31)19-11-12-21(23(15-19)38-2)39-17-18-7-4-3-5-8-18/h3-16,26,35H,17H2,1-2H3. The molecule has 3 heterocycles. The summed E-state index contributed by atoms with van der Waals surface area (Å²) in [7, 11) is 3.01. The van der Waals surface area contributed by atoms with Crippen LogP contribution in [-0.4, -0.2) is 36.0 Å². The zero-order chi connectivity index (χ0) is 28.5. The topological polar surface area (TPSA) is 111 Å². The molecule has 0 aliphatic carbocycles.